The summed E-state index contributed by atoms with van der Waals surface area (Å²) in [6.07, 6.45) is 0.568. The van der Waals surface area contributed by atoms with Gasteiger partial charge in [-0.2, -0.15) is 5.26 Å². The van der Waals surface area contributed by atoms with Crippen LogP contribution in [0.3, 0.4) is 0 Å². The van der Waals surface area contributed by atoms with Crippen LogP contribution in [0.5, 0.6) is 5.88 Å². The van der Waals surface area contributed by atoms with Gasteiger partial charge in [-0.3, -0.25) is 0 Å². The van der Waals surface area contributed by atoms with Gasteiger partial charge in [0.1, 0.15) is 11.8 Å². The number of aliphatic hydroxyl groups is 1. The lowest BCUT2D eigenvalue weighted by Crippen LogP contribution is -2.01. The van der Waals surface area contributed by atoms with Crippen LogP contribution in [0.2, 0.25) is 0 Å². The molecule has 0 saturated heterocycles. The Hall–Kier alpha value is -1.60. The second-order valence-electron chi connectivity index (χ2n) is 2.40. The van der Waals surface area contributed by atoms with Crippen LogP contribution in [0.4, 0.5) is 0 Å². The van der Waals surface area contributed by atoms with Gasteiger partial charge in [0.2, 0.25) is 5.88 Å². The van der Waals surface area contributed by atoms with Crippen molar-refractivity contribution in [3.63, 3.8) is 0 Å². The summed E-state index contributed by atoms with van der Waals surface area (Å²) < 4.78 is 5.17. The van der Waals surface area contributed by atoms with Gasteiger partial charge < -0.3 is 9.84 Å². The third-order valence-corrected chi connectivity index (χ3v) is 1.39. The molecule has 0 amide bonds. The lowest BCUT2D eigenvalue weighted by molar-refractivity contribution is 0.229. The van der Waals surface area contributed by atoms with Crippen LogP contribution in [0, 0.1) is 11.3 Å². The predicted octanol–water partition coefficient (Wildman–Crippen LogP) is 0.714. The first-order valence-electron chi connectivity index (χ1n) is 3.97. The molecule has 0 aliphatic carbocycles. The lowest BCUT2D eigenvalue weighted by Gasteiger charge is -2.02. The molecule has 4 heteroatoms. The molecule has 0 unspecified atom stereocenters. The summed E-state index contributed by atoms with van der Waals surface area (Å²) in [6.45, 7) is 0.510. The number of pyridine rings is 1. The Balaban J connectivity index is 2.52. The van der Waals surface area contributed by atoms with Crippen molar-refractivity contribution in [3.05, 3.63) is 23.9 Å². The monoisotopic (exact) mass is 178 g/mol. The van der Waals surface area contributed by atoms with E-state index in [4.69, 9.17) is 15.1 Å². The van der Waals surface area contributed by atoms with Crippen LogP contribution in [-0.2, 0) is 0 Å². The minimum Gasteiger partial charge on any atom is -0.478 e. The number of aliphatic hydroxyl groups excluding tert-OH is 1. The van der Waals surface area contributed by atoms with E-state index in [0.29, 0.717) is 24.6 Å². The first kappa shape index (κ1) is 9.49. The molecule has 0 aliphatic rings. The maximum Gasteiger partial charge on any atom is 0.214 e. The highest BCUT2D eigenvalue weighted by Crippen LogP contribution is 2.06. The lowest BCUT2D eigenvalue weighted by atomic mass is 10.4. The Morgan fingerprint density at radius 3 is 3.08 bits per heavy atom. The molecule has 1 N–H and O–H groups in total. The first-order valence-corrected chi connectivity index (χ1v) is 3.97. The van der Waals surface area contributed by atoms with E-state index in [1.54, 1.807) is 18.2 Å². The smallest absolute Gasteiger partial charge is 0.214 e. The molecule has 0 aromatic carbocycles. The Bertz CT molecular complexity index is 307. The molecule has 1 aromatic heterocycles. The van der Waals surface area contributed by atoms with E-state index in [1.165, 1.54) is 0 Å². The van der Waals surface area contributed by atoms with E-state index in [9.17, 15) is 0 Å². The molecule has 1 aromatic rings. The molecule has 0 bridgehead atoms. The number of ether oxygens (including phenoxy) is 1. The number of hydrogen-bond acceptors (Lipinski definition) is 4. The Kier molecular flexibility index (Phi) is 3.74. The fourth-order valence-electron chi connectivity index (χ4n) is 0.799. The molecule has 0 spiro atoms. The molecule has 1 rings (SSSR count). The quantitative estimate of drug-likeness (QED) is 0.690. The number of aromatic nitrogens is 1. The summed E-state index contributed by atoms with van der Waals surface area (Å²) in [5.74, 6) is 0.424. The number of rotatable bonds is 4. The van der Waals surface area contributed by atoms with Crippen LogP contribution in [0.15, 0.2) is 18.2 Å². The highest BCUT2D eigenvalue weighted by molar-refractivity contribution is 5.24. The van der Waals surface area contributed by atoms with Crippen LogP contribution < -0.4 is 4.74 Å². The van der Waals surface area contributed by atoms with E-state index < -0.39 is 0 Å². The number of nitrogens with zero attached hydrogens (tertiary/aromatic N) is 2. The van der Waals surface area contributed by atoms with Gasteiger partial charge in [0.05, 0.1) is 6.61 Å². The topological polar surface area (TPSA) is 66.1 Å². The molecule has 0 aliphatic heterocycles. The van der Waals surface area contributed by atoms with Gasteiger partial charge in [0.15, 0.2) is 0 Å². The molecular formula is C9H10N2O2. The maximum absolute atomic E-state index is 8.53. The SMILES string of the molecule is N#Cc1cccc(OCCCO)n1. The molecule has 13 heavy (non-hydrogen) atoms. The van der Waals surface area contributed by atoms with Gasteiger partial charge in [0.25, 0.3) is 0 Å². The zero-order valence-electron chi connectivity index (χ0n) is 7.10. The van der Waals surface area contributed by atoms with Gasteiger partial charge in [-0.05, 0) is 6.07 Å². The maximum atomic E-state index is 8.53. The highest BCUT2D eigenvalue weighted by atomic mass is 16.5. The third kappa shape index (κ3) is 3.09. The Morgan fingerprint density at radius 2 is 2.38 bits per heavy atom. The average Bonchev–Trinajstić information content (AvgIpc) is 2.19. The minimum atomic E-state index is 0.0952. The van der Waals surface area contributed by atoms with Crippen LogP contribution in [-0.4, -0.2) is 23.3 Å². The fourth-order valence-corrected chi connectivity index (χ4v) is 0.799. The van der Waals surface area contributed by atoms with E-state index in [1.807, 2.05) is 6.07 Å². The van der Waals surface area contributed by atoms with Crippen molar-refractivity contribution in [1.29, 1.82) is 5.26 Å². The molecule has 68 valence electrons. The Labute approximate surface area is 76.4 Å². The summed E-state index contributed by atoms with van der Waals surface area (Å²) >= 11 is 0. The Morgan fingerprint density at radius 1 is 1.54 bits per heavy atom. The molecule has 4 nitrogen and oxygen atoms in total. The fraction of sp³-hybridized carbons (Fsp3) is 0.333. The average molecular weight is 178 g/mol. The predicted molar refractivity (Wildman–Crippen MR) is 46.1 cm³/mol. The van der Waals surface area contributed by atoms with Crippen LogP contribution in [0.1, 0.15) is 12.1 Å². The van der Waals surface area contributed by atoms with Gasteiger partial charge in [-0.25, -0.2) is 4.98 Å². The van der Waals surface area contributed by atoms with E-state index in [0.717, 1.165) is 0 Å². The van der Waals surface area contributed by atoms with Crippen molar-refractivity contribution < 1.29 is 9.84 Å². The van der Waals surface area contributed by atoms with Crippen molar-refractivity contribution >= 4 is 0 Å². The molecule has 0 atom stereocenters. The minimum absolute atomic E-state index is 0.0952. The standard InChI is InChI=1S/C9H10N2O2/c10-7-8-3-1-4-9(11-8)13-6-2-5-12/h1,3-4,12H,2,5-6H2. The zero-order valence-corrected chi connectivity index (χ0v) is 7.10. The van der Waals surface area contributed by atoms with Crippen LogP contribution >= 0.6 is 0 Å². The van der Waals surface area contributed by atoms with E-state index in [-0.39, 0.29) is 6.61 Å². The van der Waals surface area contributed by atoms with Crippen molar-refractivity contribution in [2.45, 2.75) is 6.42 Å². The van der Waals surface area contributed by atoms with Gasteiger partial charge in [-0.15, -0.1) is 0 Å². The van der Waals surface area contributed by atoms with E-state index >= 15 is 0 Å². The number of hydrogen-bond donors (Lipinski definition) is 1. The second kappa shape index (κ2) is 5.12. The van der Waals surface area contributed by atoms with Crippen molar-refractivity contribution in [2.24, 2.45) is 0 Å². The normalized spacial score (nSPS) is 9.23. The largest absolute Gasteiger partial charge is 0.478 e. The van der Waals surface area contributed by atoms with Crippen LogP contribution in [0.25, 0.3) is 0 Å². The molecule has 0 radical (unpaired) electrons. The van der Waals surface area contributed by atoms with Gasteiger partial charge in [0, 0.05) is 19.1 Å². The molecule has 0 fully saturated rings. The van der Waals surface area contributed by atoms with Gasteiger partial charge >= 0.3 is 0 Å². The highest BCUT2D eigenvalue weighted by Gasteiger charge is 1.96. The summed E-state index contributed by atoms with van der Waals surface area (Å²) in [7, 11) is 0. The van der Waals surface area contributed by atoms with Gasteiger partial charge in [-0.1, -0.05) is 6.07 Å². The second-order valence-corrected chi connectivity index (χ2v) is 2.40. The summed E-state index contributed by atoms with van der Waals surface area (Å²) in [4.78, 5) is 3.90. The van der Waals surface area contributed by atoms with Crippen molar-refractivity contribution in [1.82, 2.24) is 4.98 Å². The summed E-state index contributed by atoms with van der Waals surface area (Å²) in [5, 5.41) is 17.0. The zero-order chi connectivity index (χ0) is 9.52. The molecular weight excluding hydrogens is 168 g/mol. The first-order chi connectivity index (χ1) is 6.36. The molecule has 0 saturated carbocycles. The molecule has 1 heterocycles. The summed E-state index contributed by atoms with van der Waals surface area (Å²) in [5.41, 5.74) is 0.335. The van der Waals surface area contributed by atoms with Crippen molar-refractivity contribution in [3.8, 4) is 11.9 Å². The van der Waals surface area contributed by atoms with Crippen molar-refractivity contribution in [2.75, 3.05) is 13.2 Å². The summed E-state index contributed by atoms with van der Waals surface area (Å²) in [6, 6.07) is 6.91. The number of nitriles is 1. The third-order valence-electron chi connectivity index (χ3n) is 1.39. The van der Waals surface area contributed by atoms with E-state index in [2.05, 4.69) is 4.98 Å².